The highest BCUT2D eigenvalue weighted by Gasteiger charge is 2.18. The number of nitrogens with one attached hydrogen (secondary N) is 2. The van der Waals surface area contributed by atoms with Gasteiger partial charge in [-0.15, -0.1) is 0 Å². The second-order valence-corrected chi connectivity index (χ2v) is 10.5. The Bertz CT molecular complexity index is 1200. The molecule has 2 N–H and O–H groups in total. The Morgan fingerprint density at radius 2 is 1.56 bits per heavy atom. The third kappa shape index (κ3) is 6.68. The molecule has 1 amide bonds. The highest BCUT2D eigenvalue weighted by molar-refractivity contribution is 9.10. The van der Waals surface area contributed by atoms with E-state index in [1.165, 1.54) is 12.1 Å². The van der Waals surface area contributed by atoms with Crippen LogP contribution in [-0.2, 0) is 27.7 Å². The van der Waals surface area contributed by atoms with Crippen LogP contribution in [0.4, 0.5) is 5.69 Å². The maximum Gasteiger partial charge on any atom is 0.262 e. The molecule has 34 heavy (non-hydrogen) atoms. The van der Waals surface area contributed by atoms with Gasteiger partial charge in [-0.2, -0.15) is 0 Å². The van der Waals surface area contributed by atoms with E-state index in [4.69, 9.17) is 4.74 Å². The zero-order valence-corrected chi connectivity index (χ0v) is 21.9. The highest BCUT2D eigenvalue weighted by atomic mass is 79.9. The average Bonchev–Trinajstić information content (AvgIpc) is 2.84. The van der Waals surface area contributed by atoms with Crippen LogP contribution in [0.2, 0.25) is 0 Å². The van der Waals surface area contributed by atoms with Crippen molar-refractivity contribution < 1.29 is 17.9 Å². The average molecular weight is 545 g/mol. The van der Waals surface area contributed by atoms with Crippen molar-refractivity contribution in [1.29, 1.82) is 0 Å². The summed E-state index contributed by atoms with van der Waals surface area (Å²) in [6.07, 6.45) is 1.57. The van der Waals surface area contributed by atoms with Gasteiger partial charge in [-0.25, -0.2) is 13.1 Å². The van der Waals surface area contributed by atoms with E-state index < -0.39 is 10.0 Å². The first-order chi connectivity index (χ1) is 16.2. The van der Waals surface area contributed by atoms with Crippen LogP contribution in [0.3, 0.4) is 0 Å². The number of ether oxygens (including phenoxy) is 1. The molecule has 0 fully saturated rings. The minimum absolute atomic E-state index is 0.127. The Kier molecular flexibility index (Phi) is 8.88. The van der Waals surface area contributed by atoms with Gasteiger partial charge >= 0.3 is 0 Å². The number of halogens is 1. The van der Waals surface area contributed by atoms with Crippen LogP contribution >= 0.6 is 15.9 Å². The number of aryl methyl sites for hydroxylation is 2. The van der Waals surface area contributed by atoms with Crippen LogP contribution in [0.25, 0.3) is 0 Å². The van der Waals surface area contributed by atoms with Gasteiger partial charge in [0.05, 0.1) is 4.90 Å². The monoisotopic (exact) mass is 544 g/mol. The van der Waals surface area contributed by atoms with Gasteiger partial charge in [0.2, 0.25) is 10.0 Å². The summed E-state index contributed by atoms with van der Waals surface area (Å²) in [7, 11) is -3.70. The number of anilines is 1. The number of carbonyl (C=O) groups is 1. The molecule has 0 heterocycles. The molecule has 3 aromatic rings. The minimum atomic E-state index is -3.70. The lowest BCUT2D eigenvalue weighted by Gasteiger charge is -2.16. The normalized spacial score (nSPS) is 12.2. The Morgan fingerprint density at radius 1 is 0.971 bits per heavy atom. The second-order valence-electron chi connectivity index (χ2n) is 7.87. The van der Waals surface area contributed by atoms with E-state index in [0.29, 0.717) is 5.75 Å². The summed E-state index contributed by atoms with van der Waals surface area (Å²) in [6, 6.07) is 19.0. The Balaban J connectivity index is 1.61. The largest absolute Gasteiger partial charge is 0.484 e. The molecule has 1 atom stereocenters. The molecule has 0 bridgehead atoms. The van der Waals surface area contributed by atoms with Gasteiger partial charge in [0, 0.05) is 16.2 Å². The molecule has 0 aliphatic rings. The van der Waals surface area contributed by atoms with E-state index in [2.05, 4.69) is 26.0 Å². The molecule has 0 saturated carbocycles. The molecule has 3 aromatic carbocycles. The maximum absolute atomic E-state index is 12.7. The Morgan fingerprint density at radius 3 is 2.12 bits per heavy atom. The summed E-state index contributed by atoms with van der Waals surface area (Å²) in [4.78, 5) is 12.7. The van der Waals surface area contributed by atoms with Gasteiger partial charge in [-0.3, -0.25) is 4.79 Å². The second kappa shape index (κ2) is 11.6. The number of rotatable bonds is 10. The SMILES string of the molecule is CCc1cc(Br)cc(CC)c1NC(=O)COc1ccc(S(=O)(=O)N[C@H](C)c2ccccc2)cc1. The summed E-state index contributed by atoms with van der Waals surface area (Å²) >= 11 is 3.52. The van der Waals surface area contributed by atoms with Crippen molar-refractivity contribution in [2.45, 2.75) is 44.6 Å². The maximum atomic E-state index is 12.7. The van der Waals surface area contributed by atoms with Gasteiger partial charge in [0.1, 0.15) is 5.75 Å². The summed E-state index contributed by atoms with van der Waals surface area (Å²) in [6.45, 7) is 5.69. The van der Waals surface area contributed by atoms with E-state index in [1.54, 1.807) is 19.1 Å². The van der Waals surface area contributed by atoms with E-state index >= 15 is 0 Å². The molecule has 0 spiro atoms. The lowest BCUT2D eigenvalue weighted by atomic mass is 10.0. The zero-order chi connectivity index (χ0) is 24.7. The van der Waals surface area contributed by atoms with E-state index in [9.17, 15) is 13.2 Å². The van der Waals surface area contributed by atoms with Gasteiger partial charge < -0.3 is 10.1 Å². The summed E-state index contributed by atoms with van der Waals surface area (Å²) in [5, 5.41) is 2.96. The third-order valence-electron chi connectivity index (χ3n) is 5.43. The van der Waals surface area contributed by atoms with Gasteiger partial charge in [0.15, 0.2) is 6.61 Å². The molecule has 8 heteroatoms. The number of sulfonamides is 1. The van der Waals surface area contributed by atoms with E-state index in [-0.39, 0.29) is 23.5 Å². The van der Waals surface area contributed by atoms with Crippen LogP contribution in [-0.4, -0.2) is 20.9 Å². The summed E-state index contributed by atoms with van der Waals surface area (Å²) < 4.78 is 34.7. The van der Waals surface area contributed by atoms with Gasteiger partial charge in [0.25, 0.3) is 5.91 Å². The van der Waals surface area contributed by atoms with Crippen molar-refractivity contribution in [3.8, 4) is 5.75 Å². The van der Waals surface area contributed by atoms with Crippen molar-refractivity contribution in [2.75, 3.05) is 11.9 Å². The van der Waals surface area contributed by atoms with Crippen LogP contribution in [0, 0.1) is 0 Å². The first-order valence-electron chi connectivity index (χ1n) is 11.1. The van der Waals surface area contributed by atoms with Gasteiger partial charge in [-0.1, -0.05) is 60.1 Å². The fourth-order valence-corrected chi connectivity index (χ4v) is 5.38. The molecular weight excluding hydrogens is 516 g/mol. The zero-order valence-electron chi connectivity index (χ0n) is 19.5. The lowest BCUT2D eigenvalue weighted by Crippen LogP contribution is -2.26. The molecule has 0 saturated heterocycles. The Hall–Kier alpha value is -2.68. The molecule has 0 unspecified atom stereocenters. The van der Waals surface area contributed by atoms with Crippen LogP contribution in [0.15, 0.2) is 76.1 Å². The minimum Gasteiger partial charge on any atom is -0.484 e. The highest BCUT2D eigenvalue weighted by Crippen LogP contribution is 2.27. The van der Waals surface area contributed by atoms with Crippen molar-refractivity contribution in [1.82, 2.24) is 4.72 Å². The van der Waals surface area contributed by atoms with Crippen molar-refractivity contribution in [3.63, 3.8) is 0 Å². The fraction of sp³-hybridized carbons (Fsp3) is 0.269. The first-order valence-corrected chi connectivity index (χ1v) is 13.4. The molecule has 180 valence electrons. The molecular formula is C26H29BrN2O4S. The first kappa shape index (κ1) is 25.9. The fourth-order valence-electron chi connectivity index (χ4n) is 3.59. The predicted octanol–water partition coefficient (Wildman–Crippen LogP) is 5.63. The van der Waals surface area contributed by atoms with Crippen LogP contribution in [0.1, 0.15) is 43.5 Å². The number of amides is 1. The quantitative estimate of drug-likeness (QED) is 0.346. The molecule has 6 nitrogen and oxygen atoms in total. The van der Waals surface area contributed by atoms with Gasteiger partial charge in [-0.05, 0) is 72.9 Å². The smallest absolute Gasteiger partial charge is 0.262 e. The van der Waals surface area contributed by atoms with Crippen LogP contribution < -0.4 is 14.8 Å². The molecule has 3 rings (SSSR count). The van der Waals surface area contributed by atoms with E-state index in [0.717, 1.165) is 39.7 Å². The number of benzene rings is 3. The topological polar surface area (TPSA) is 84.5 Å². The van der Waals surface area contributed by atoms with Crippen molar-refractivity contribution in [2.24, 2.45) is 0 Å². The standard InChI is InChI=1S/C26H29BrN2O4S/c1-4-19-15-22(27)16-20(5-2)26(19)28-25(30)17-33-23-11-13-24(14-12-23)34(31,32)29-18(3)21-9-7-6-8-10-21/h6-16,18,29H,4-5,17H2,1-3H3,(H,28,30)/t18-/m1/s1. The van der Waals surface area contributed by atoms with Crippen molar-refractivity contribution >= 4 is 37.5 Å². The summed E-state index contributed by atoms with van der Waals surface area (Å²) in [5.74, 6) is 0.134. The molecule has 0 aliphatic carbocycles. The molecule has 0 aliphatic heterocycles. The lowest BCUT2D eigenvalue weighted by molar-refractivity contribution is -0.118. The molecule has 0 aromatic heterocycles. The Labute approximate surface area is 209 Å². The van der Waals surface area contributed by atoms with Crippen molar-refractivity contribution in [3.05, 3.63) is 87.9 Å². The van der Waals surface area contributed by atoms with Crippen LogP contribution in [0.5, 0.6) is 5.75 Å². The number of hydrogen-bond donors (Lipinski definition) is 2. The number of hydrogen-bond acceptors (Lipinski definition) is 4. The van der Waals surface area contributed by atoms with E-state index in [1.807, 2.05) is 56.3 Å². The predicted molar refractivity (Wildman–Crippen MR) is 139 cm³/mol. The molecule has 0 radical (unpaired) electrons. The number of carbonyl (C=O) groups excluding carboxylic acids is 1. The summed E-state index contributed by atoms with van der Waals surface area (Å²) in [5.41, 5.74) is 3.79. The third-order valence-corrected chi connectivity index (χ3v) is 7.44.